The Morgan fingerprint density at radius 1 is 1.67 bits per heavy atom. The van der Waals surface area contributed by atoms with E-state index in [2.05, 4.69) is 20.9 Å². The van der Waals surface area contributed by atoms with Crippen LogP contribution in [-0.2, 0) is 6.42 Å². The van der Waals surface area contributed by atoms with E-state index in [1.54, 1.807) is 12.3 Å². The lowest BCUT2D eigenvalue weighted by Gasteiger charge is -1.98. The van der Waals surface area contributed by atoms with Crippen molar-refractivity contribution in [3.05, 3.63) is 29.6 Å². The number of nitrogens with two attached hydrogens (primary N) is 1. The van der Waals surface area contributed by atoms with Gasteiger partial charge in [-0.25, -0.2) is 0 Å². The Hall–Kier alpha value is -0.900. The molecule has 0 aromatic carbocycles. The number of rotatable bonds is 3. The number of pyridine rings is 1. The smallest absolute Gasteiger partial charge is 0.267 e. The fourth-order valence-corrected chi connectivity index (χ4v) is 1.33. The van der Waals surface area contributed by atoms with E-state index in [4.69, 9.17) is 5.73 Å². The molecule has 4 heteroatoms. The van der Waals surface area contributed by atoms with Crippen LogP contribution in [0.1, 0.15) is 16.1 Å². The molecular formula is C8H9BrN2O. The number of alkyl halides is 1. The van der Waals surface area contributed by atoms with E-state index >= 15 is 0 Å². The second-order valence-corrected chi connectivity index (χ2v) is 3.15. The van der Waals surface area contributed by atoms with Gasteiger partial charge in [0.1, 0.15) is 5.69 Å². The van der Waals surface area contributed by atoms with E-state index in [0.717, 1.165) is 17.3 Å². The van der Waals surface area contributed by atoms with Crippen LogP contribution in [0.2, 0.25) is 0 Å². The highest BCUT2D eigenvalue weighted by Gasteiger charge is 2.01. The average molecular weight is 229 g/mol. The van der Waals surface area contributed by atoms with Crippen LogP contribution in [0.5, 0.6) is 0 Å². The molecule has 1 aromatic rings. The molecular weight excluding hydrogens is 220 g/mol. The van der Waals surface area contributed by atoms with Crippen LogP contribution in [-0.4, -0.2) is 16.2 Å². The fourth-order valence-electron chi connectivity index (χ4n) is 0.874. The van der Waals surface area contributed by atoms with Crippen LogP contribution in [0.4, 0.5) is 0 Å². The molecule has 0 bridgehead atoms. The standard InChI is InChI=1S/C8H9BrN2O/c9-3-1-6-2-4-11-7(5-6)8(10)12/h2,4-5H,1,3H2,(H2,10,12). The number of aryl methyl sites for hydroxylation is 1. The SMILES string of the molecule is NC(=O)c1cc(CCBr)ccn1. The van der Waals surface area contributed by atoms with Crippen molar-refractivity contribution in [2.24, 2.45) is 5.73 Å². The first kappa shape index (κ1) is 9.19. The van der Waals surface area contributed by atoms with Crippen LogP contribution in [0, 0.1) is 0 Å². The first-order valence-electron chi connectivity index (χ1n) is 3.54. The molecule has 0 saturated carbocycles. The summed E-state index contributed by atoms with van der Waals surface area (Å²) in [4.78, 5) is 14.5. The van der Waals surface area contributed by atoms with Gasteiger partial charge in [-0.05, 0) is 24.1 Å². The minimum Gasteiger partial charge on any atom is -0.364 e. The monoisotopic (exact) mass is 228 g/mol. The predicted octanol–water partition coefficient (Wildman–Crippen LogP) is 1.12. The second kappa shape index (κ2) is 4.21. The number of aromatic nitrogens is 1. The zero-order valence-electron chi connectivity index (χ0n) is 6.46. The molecule has 0 aliphatic rings. The van der Waals surface area contributed by atoms with E-state index in [1.165, 1.54) is 0 Å². The summed E-state index contributed by atoms with van der Waals surface area (Å²) in [5, 5.41) is 0.870. The van der Waals surface area contributed by atoms with Crippen molar-refractivity contribution >= 4 is 21.8 Å². The predicted molar refractivity (Wildman–Crippen MR) is 50.3 cm³/mol. The lowest BCUT2D eigenvalue weighted by molar-refractivity contribution is 0.0995. The number of nitrogens with zero attached hydrogens (tertiary/aromatic N) is 1. The third-order valence-electron chi connectivity index (χ3n) is 1.46. The van der Waals surface area contributed by atoms with Gasteiger partial charge in [-0.3, -0.25) is 9.78 Å². The zero-order chi connectivity index (χ0) is 8.97. The quantitative estimate of drug-likeness (QED) is 0.789. The minimum absolute atomic E-state index is 0.327. The molecule has 0 aliphatic heterocycles. The molecule has 0 saturated heterocycles. The molecule has 0 atom stereocenters. The normalized spacial score (nSPS) is 9.75. The summed E-state index contributed by atoms with van der Waals surface area (Å²) in [6, 6.07) is 3.58. The lowest BCUT2D eigenvalue weighted by Crippen LogP contribution is -2.13. The Bertz CT molecular complexity index is 288. The van der Waals surface area contributed by atoms with Gasteiger partial charge in [-0.1, -0.05) is 15.9 Å². The van der Waals surface area contributed by atoms with Gasteiger partial charge in [-0.2, -0.15) is 0 Å². The number of halogens is 1. The Kier molecular flexibility index (Phi) is 3.22. The molecule has 64 valence electrons. The molecule has 1 heterocycles. The van der Waals surface area contributed by atoms with Gasteiger partial charge in [0, 0.05) is 11.5 Å². The molecule has 1 amide bonds. The second-order valence-electron chi connectivity index (χ2n) is 2.35. The summed E-state index contributed by atoms with van der Waals surface area (Å²) in [6.45, 7) is 0. The summed E-state index contributed by atoms with van der Waals surface area (Å²) in [7, 11) is 0. The van der Waals surface area contributed by atoms with Gasteiger partial charge in [0.2, 0.25) is 0 Å². The third-order valence-corrected chi connectivity index (χ3v) is 1.86. The molecule has 0 spiro atoms. The first-order valence-corrected chi connectivity index (χ1v) is 4.67. The fraction of sp³-hybridized carbons (Fsp3) is 0.250. The van der Waals surface area contributed by atoms with Crippen molar-refractivity contribution < 1.29 is 4.79 Å². The van der Waals surface area contributed by atoms with Crippen LogP contribution in [0.3, 0.4) is 0 Å². The number of carbonyl (C=O) groups is 1. The van der Waals surface area contributed by atoms with Gasteiger partial charge < -0.3 is 5.73 Å². The highest BCUT2D eigenvalue weighted by molar-refractivity contribution is 9.09. The highest BCUT2D eigenvalue weighted by Crippen LogP contribution is 2.03. The topological polar surface area (TPSA) is 56.0 Å². The summed E-state index contributed by atoms with van der Waals surface area (Å²) in [6.07, 6.45) is 2.47. The van der Waals surface area contributed by atoms with Gasteiger partial charge in [0.05, 0.1) is 0 Å². The molecule has 0 aliphatic carbocycles. The molecule has 3 nitrogen and oxygen atoms in total. The minimum atomic E-state index is -0.480. The van der Waals surface area contributed by atoms with Crippen LogP contribution < -0.4 is 5.73 Å². The lowest BCUT2D eigenvalue weighted by atomic mass is 10.2. The first-order chi connectivity index (χ1) is 5.74. The summed E-state index contributed by atoms with van der Waals surface area (Å²) in [5.41, 5.74) is 6.46. The molecule has 1 rings (SSSR count). The van der Waals surface area contributed by atoms with Crippen molar-refractivity contribution in [1.29, 1.82) is 0 Å². The molecule has 0 radical (unpaired) electrons. The Morgan fingerprint density at radius 3 is 3.00 bits per heavy atom. The molecule has 2 N–H and O–H groups in total. The molecule has 12 heavy (non-hydrogen) atoms. The van der Waals surface area contributed by atoms with E-state index < -0.39 is 5.91 Å². The number of primary amides is 1. The van der Waals surface area contributed by atoms with Crippen LogP contribution in [0.15, 0.2) is 18.3 Å². The van der Waals surface area contributed by atoms with E-state index in [1.807, 2.05) is 6.07 Å². The maximum absolute atomic E-state index is 10.7. The Balaban J connectivity index is 2.88. The maximum atomic E-state index is 10.7. The van der Waals surface area contributed by atoms with Gasteiger partial charge in [0.25, 0.3) is 5.91 Å². The number of carbonyl (C=O) groups excluding carboxylic acids is 1. The summed E-state index contributed by atoms with van der Waals surface area (Å²) >= 11 is 3.31. The van der Waals surface area contributed by atoms with Crippen molar-refractivity contribution in [3.63, 3.8) is 0 Å². The van der Waals surface area contributed by atoms with Gasteiger partial charge in [-0.15, -0.1) is 0 Å². The van der Waals surface area contributed by atoms with Crippen molar-refractivity contribution in [1.82, 2.24) is 4.98 Å². The summed E-state index contributed by atoms with van der Waals surface area (Å²) in [5.74, 6) is -0.480. The summed E-state index contributed by atoms with van der Waals surface area (Å²) < 4.78 is 0. The van der Waals surface area contributed by atoms with E-state index in [0.29, 0.717) is 5.69 Å². The maximum Gasteiger partial charge on any atom is 0.267 e. The van der Waals surface area contributed by atoms with Crippen molar-refractivity contribution in [2.45, 2.75) is 6.42 Å². The molecule has 0 fully saturated rings. The van der Waals surface area contributed by atoms with Crippen LogP contribution >= 0.6 is 15.9 Å². The van der Waals surface area contributed by atoms with E-state index in [-0.39, 0.29) is 0 Å². The van der Waals surface area contributed by atoms with E-state index in [9.17, 15) is 4.79 Å². The largest absolute Gasteiger partial charge is 0.364 e. The Morgan fingerprint density at radius 2 is 2.42 bits per heavy atom. The van der Waals surface area contributed by atoms with Crippen molar-refractivity contribution in [3.8, 4) is 0 Å². The van der Waals surface area contributed by atoms with Crippen molar-refractivity contribution in [2.75, 3.05) is 5.33 Å². The van der Waals surface area contributed by atoms with Crippen LogP contribution in [0.25, 0.3) is 0 Å². The Labute approximate surface area is 79.1 Å². The van der Waals surface area contributed by atoms with Gasteiger partial charge >= 0.3 is 0 Å². The van der Waals surface area contributed by atoms with Gasteiger partial charge in [0.15, 0.2) is 0 Å². The number of hydrogen-bond donors (Lipinski definition) is 1. The third kappa shape index (κ3) is 2.30. The zero-order valence-corrected chi connectivity index (χ0v) is 8.04. The average Bonchev–Trinajstić information content (AvgIpc) is 2.05. The number of amides is 1. The number of hydrogen-bond acceptors (Lipinski definition) is 2. The highest BCUT2D eigenvalue weighted by atomic mass is 79.9. The molecule has 1 aromatic heterocycles. The molecule has 0 unspecified atom stereocenters.